The molecule has 1 rings (SSSR count). The van der Waals surface area contributed by atoms with Crippen molar-refractivity contribution in [1.29, 1.82) is 0 Å². The third kappa shape index (κ3) is 2.33. The molecule has 2 heteroatoms. The average Bonchev–Trinajstić information content (AvgIpc) is 1.93. The molecular formula is C7H17NO. The summed E-state index contributed by atoms with van der Waals surface area (Å²) in [5.74, 6) is 0.690. The number of hydrogen-bond donors (Lipinski definition) is 2. The van der Waals surface area contributed by atoms with Gasteiger partial charge in [-0.05, 0) is 31.7 Å². The molecule has 2 nitrogen and oxygen atoms in total. The fourth-order valence-electron chi connectivity index (χ4n) is 1.30. The third-order valence-electron chi connectivity index (χ3n) is 1.88. The first-order valence-electron chi connectivity index (χ1n) is 3.70. The molecule has 0 radical (unpaired) electrons. The van der Waals surface area contributed by atoms with Gasteiger partial charge in [-0.1, -0.05) is 6.92 Å². The molecule has 0 aromatic rings. The van der Waals surface area contributed by atoms with Crippen molar-refractivity contribution >= 4 is 0 Å². The van der Waals surface area contributed by atoms with E-state index in [0.717, 1.165) is 13.0 Å². The van der Waals surface area contributed by atoms with Crippen LogP contribution >= 0.6 is 0 Å². The Balaban J connectivity index is 0.000000810. The SMILES string of the molecule is C[C@@H]1CCCNC(O)C1.[HH]. The zero-order valence-electron chi connectivity index (χ0n) is 5.93. The van der Waals surface area contributed by atoms with Gasteiger partial charge in [0.2, 0.25) is 0 Å². The van der Waals surface area contributed by atoms with E-state index in [-0.39, 0.29) is 7.65 Å². The van der Waals surface area contributed by atoms with E-state index in [9.17, 15) is 0 Å². The van der Waals surface area contributed by atoms with Crippen LogP contribution in [-0.4, -0.2) is 17.9 Å². The molecule has 1 fully saturated rings. The van der Waals surface area contributed by atoms with Gasteiger partial charge < -0.3 is 5.11 Å². The summed E-state index contributed by atoms with van der Waals surface area (Å²) >= 11 is 0. The minimum Gasteiger partial charge on any atom is -0.379 e. The highest BCUT2D eigenvalue weighted by atomic mass is 16.3. The number of hydrogen-bond acceptors (Lipinski definition) is 2. The molecule has 2 atom stereocenters. The zero-order valence-corrected chi connectivity index (χ0v) is 5.93. The van der Waals surface area contributed by atoms with Gasteiger partial charge in [0, 0.05) is 1.43 Å². The monoisotopic (exact) mass is 131 g/mol. The van der Waals surface area contributed by atoms with Crippen LogP contribution in [0, 0.1) is 5.92 Å². The number of nitrogens with one attached hydrogen (secondary N) is 1. The summed E-state index contributed by atoms with van der Waals surface area (Å²) in [6.45, 7) is 3.17. The van der Waals surface area contributed by atoms with Crippen LogP contribution in [0.3, 0.4) is 0 Å². The normalized spacial score (nSPS) is 38.0. The lowest BCUT2D eigenvalue weighted by molar-refractivity contribution is 0.122. The molecule has 0 amide bonds. The lowest BCUT2D eigenvalue weighted by Gasteiger charge is -2.10. The number of rotatable bonds is 0. The Bertz CT molecular complexity index is 79.7. The molecule has 0 aliphatic carbocycles. The van der Waals surface area contributed by atoms with Gasteiger partial charge >= 0.3 is 0 Å². The summed E-state index contributed by atoms with van der Waals surface area (Å²) in [4.78, 5) is 0. The van der Waals surface area contributed by atoms with Crippen LogP contribution in [0.4, 0.5) is 0 Å². The maximum atomic E-state index is 9.15. The molecule has 0 saturated carbocycles. The fraction of sp³-hybridized carbons (Fsp3) is 1.00. The Labute approximate surface area is 57.8 Å². The van der Waals surface area contributed by atoms with Crippen LogP contribution in [0.5, 0.6) is 0 Å². The van der Waals surface area contributed by atoms with E-state index < -0.39 is 0 Å². The van der Waals surface area contributed by atoms with Crippen molar-refractivity contribution < 1.29 is 6.53 Å². The maximum Gasteiger partial charge on any atom is 0.105 e. The van der Waals surface area contributed by atoms with E-state index in [2.05, 4.69) is 12.2 Å². The van der Waals surface area contributed by atoms with Gasteiger partial charge in [-0.3, -0.25) is 5.32 Å². The van der Waals surface area contributed by atoms with Crippen LogP contribution < -0.4 is 5.32 Å². The second-order valence-electron chi connectivity index (χ2n) is 2.95. The Morgan fingerprint density at radius 2 is 2.44 bits per heavy atom. The van der Waals surface area contributed by atoms with E-state index in [1.54, 1.807) is 0 Å². The fourth-order valence-corrected chi connectivity index (χ4v) is 1.30. The van der Waals surface area contributed by atoms with Crippen molar-refractivity contribution in [2.75, 3.05) is 6.54 Å². The van der Waals surface area contributed by atoms with Crippen molar-refractivity contribution in [3.8, 4) is 0 Å². The van der Waals surface area contributed by atoms with Gasteiger partial charge in [-0.15, -0.1) is 0 Å². The Morgan fingerprint density at radius 1 is 1.67 bits per heavy atom. The molecule has 1 aliphatic rings. The average molecular weight is 131 g/mol. The van der Waals surface area contributed by atoms with E-state index >= 15 is 0 Å². The van der Waals surface area contributed by atoms with Crippen LogP contribution in [0.1, 0.15) is 27.6 Å². The molecular weight excluding hydrogens is 114 g/mol. The Hall–Kier alpha value is -0.0800. The largest absolute Gasteiger partial charge is 0.379 e. The minimum atomic E-state index is -0.248. The maximum absolute atomic E-state index is 9.15. The first kappa shape index (κ1) is 7.03. The molecule has 2 N–H and O–H groups in total. The Morgan fingerprint density at radius 3 is 3.22 bits per heavy atom. The van der Waals surface area contributed by atoms with Crippen LogP contribution in [-0.2, 0) is 0 Å². The third-order valence-corrected chi connectivity index (χ3v) is 1.88. The second kappa shape index (κ2) is 3.18. The first-order chi connectivity index (χ1) is 4.29. The molecule has 0 spiro atoms. The van der Waals surface area contributed by atoms with Gasteiger partial charge in [0.15, 0.2) is 0 Å². The molecule has 0 bridgehead atoms. The van der Waals surface area contributed by atoms with Gasteiger partial charge in [0.05, 0.1) is 0 Å². The highest BCUT2D eigenvalue weighted by molar-refractivity contribution is 4.65. The lowest BCUT2D eigenvalue weighted by atomic mass is 10.0. The summed E-state index contributed by atoms with van der Waals surface area (Å²) in [7, 11) is 0. The summed E-state index contributed by atoms with van der Waals surface area (Å²) in [6.07, 6.45) is 3.13. The van der Waals surface area contributed by atoms with E-state index in [0.29, 0.717) is 5.92 Å². The van der Waals surface area contributed by atoms with Gasteiger partial charge in [-0.2, -0.15) is 0 Å². The molecule has 1 aliphatic heterocycles. The van der Waals surface area contributed by atoms with E-state index in [4.69, 9.17) is 5.11 Å². The molecule has 1 heterocycles. The second-order valence-corrected chi connectivity index (χ2v) is 2.95. The van der Waals surface area contributed by atoms with Gasteiger partial charge in [0.25, 0.3) is 0 Å². The van der Waals surface area contributed by atoms with Crippen LogP contribution in [0.2, 0.25) is 0 Å². The number of aliphatic hydroxyl groups is 1. The summed E-state index contributed by atoms with van der Waals surface area (Å²) in [5, 5.41) is 12.2. The van der Waals surface area contributed by atoms with Crippen molar-refractivity contribution in [2.45, 2.75) is 32.4 Å². The van der Waals surface area contributed by atoms with Crippen molar-refractivity contribution in [3.05, 3.63) is 0 Å². The minimum absolute atomic E-state index is 0. The summed E-state index contributed by atoms with van der Waals surface area (Å²) < 4.78 is 0. The lowest BCUT2D eigenvalue weighted by Crippen LogP contribution is -2.28. The highest BCUT2D eigenvalue weighted by Gasteiger charge is 2.12. The summed E-state index contributed by atoms with van der Waals surface area (Å²) in [6, 6.07) is 0. The highest BCUT2D eigenvalue weighted by Crippen LogP contribution is 2.14. The predicted octanol–water partition coefficient (Wildman–Crippen LogP) is 0.960. The molecule has 1 saturated heterocycles. The quantitative estimate of drug-likeness (QED) is 0.513. The van der Waals surface area contributed by atoms with Crippen LogP contribution in [0.15, 0.2) is 0 Å². The van der Waals surface area contributed by atoms with Crippen molar-refractivity contribution in [3.63, 3.8) is 0 Å². The van der Waals surface area contributed by atoms with Crippen molar-refractivity contribution in [1.82, 2.24) is 5.32 Å². The van der Waals surface area contributed by atoms with Gasteiger partial charge in [-0.25, -0.2) is 0 Å². The zero-order chi connectivity index (χ0) is 6.69. The molecule has 1 unspecified atom stereocenters. The smallest absolute Gasteiger partial charge is 0.105 e. The molecule has 0 aromatic carbocycles. The molecule has 0 aromatic heterocycles. The van der Waals surface area contributed by atoms with E-state index in [1.165, 1.54) is 12.8 Å². The van der Waals surface area contributed by atoms with Gasteiger partial charge in [0.1, 0.15) is 6.23 Å². The van der Waals surface area contributed by atoms with Crippen LogP contribution in [0.25, 0.3) is 0 Å². The number of aliphatic hydroxyl groups excluding tert-OH is 1. The first-order valence-corrected chi connectivity index (χ1v) is 3.70. The molecule has 56 valence electrons. The van der Waals surface area contributed by atoms with E-state index in [1.807, 2.05) is 0 Å². The predicted molar refractivity (Wildman–Crippen MR) is 39.1 cm³/mol. The topological polar surface area (TPSA) is 32.3 Å². The van der Waals surface area contributed by atoms with Crippen molar-refractivity contribution in [2.24, 2.45) is 5.92 Å². The molecule has 9 heavy (non-hydrogen) atoms. The summed E-state index contributed by atoms with van der Waals surface area (Å²) in [5.41, 5.74) is 0. The Kier molecular flexibility index (Phi) is 2.49. The standard InChI is InChI=1S/C7H15NO.H2/c1-6-3-2-4-8-7(9)5-6;/h6-9H,2-5H2,1H3;1H/t6-,7?;/m1./s1.